The summed E-state index contributed by atoms with van der Waals surface area (Å²) in [6.45, 7) is 1.65. The second-order valence-corrected chi connectivity index (χ2v) is 5.85. The van der Waals surface area contributed by atoms with Crippen LogP contribution in [0.15, 0.2) is 29.1 Å². The second kappa shape index (κ2) is 5.88. The Morgan fingerprint density at radius 1 is 1.40 bits per heavy atom. The molecule has 0 fully saturated rings. The van der Waals surface area contributed by atoms with Crippen molar-refractivity contribution in [2.45, 2.75) is 13.3 Å². The fourth-order valence-electron chi connectivity index (χ4n) is 1.86. The molecule has 1 aromatic carbocycles. The Morgan fingerprint density at radius 2 is 2.00 bits per heavy atom. The van der Waals surface area contributed by atoms with Crippen LogP contribution < -0.4 is 5.56 Å². The Bertz CT molecular complexity index is 778. The molecule has 0 atom stereocenters. The van der Waals surface area contributed by atoms with Crippen molar-refractivity contribution in [3.63, 3.8) is 0 Å². The number of benzene rings is 1. The molecule has 5 nitrogen and oxygen atoms in total. The number of hydrogen-bond acceptors (Lipinski definition) is 3. The van der Waals surface area contributed by atoms with Crippen LogP contribution in [0, 0.1) is 15.3 Å². The second-order valence-electron chi connectivity index (χ2n) is 4.22. The van der Waals surface area contributed by atoms with Gasteiger partial charge in [-0.15, -0.1) is 0 Å². The molecular weight excluding hydrogens is 391 g/mol. The zero-order valence-corrected chi connectivity index (χ0v) is 13.5. The molecule has 0 saturated carbocycles. The molecule has 104 valence electrons. The third-order valence-electron chi connectivity index (χ3n) is 2.82. The van der Waals surface area contributed by atoms with Gasteiger partial charge in [0.05, 0.1) is 12.1 Å². The molecule has 0 spiro atoms. The largest absolute Gasteiger partial charge is 0.481 e. The van der Waals surface area contributed by atoms with Gasteiger partial charge in [0.2, 0.25) is 0 Å². The fourth-order valence-corrected chi connectivity index (χ4v) is 2.56. The van der Waals surface area contributed by atoms with Crippen molar-refractivity contribution in [2.24, 2.45) is 0 Å². The number of aromatic amines is 1. The van der Waals surface area contributed by atoms with Gasteiger partial charge < -0.3 is 10.1 Å². The van der Waals surface area contributed by atoms with Crippen molar-refractivity contribution in [2.75, 3.05) is 0 Å². The zero-order chi connectivity index (χ0) is 14.9. The summed E-state index contributed by atoms with van der Waals surface area (Å²) in [5.41, 5.74) is 0.923. The van der Waals surface area contributed by atoms with Crippen LogP contribution >= 0.6 is 34.8 Å². The number of aromatic nitrogens is 2. The minimum Gasteiger partial charge on any atom is -0.481 e. The van der Waals surface area contributed by atoms with Gasteiger partial charge >= 0.3 is 5.97 Å². The molecule has 0 aliphatic heterocycles. The van der Waals surface area contributed by atoms with E-state index in [1.165, 1.54) is 4.57 Å². The highest BCUT2D eigenvalue weighted by Crippen LogP contribution is 2.11. The molecule has 20 heavy (non-hydrogen) atoms. The highest BCUT2D eigenvalue weighted by atomic mass is 127. The normalized spacial score (nSPS) is 10.5. The first-order valence-electron chi connectivity index (χ1n) is 5.72. The molecular formula is C13H11IN2O3S. The first kappa shape index (κ1) is 14.9. The van der Waals surface area contributed by atoms with Gasteiger partial charge in [-0.1, -0.05) is 0 Å². The van der Waals surface area contributed by atoms with Gasteiger partial charge in [0.1, 0.15) is 0 Å². The lowest BCUT2D eigenvalue weighted by molar-refractivity contribution is -0.136. The number of aliphatic carboxylic acids is 1. The molecule has 0 aliphatic rings. The number of aryl methyl sites for hydroxylation is 1. The SMILES string of the molecule is Cc1[nH]c(=S)n(-c2ccc(I)cc2)c(=O)c1CC(=O)O. The average Bonchev–Trinajstić information content (AvgIpc) is 2.36. The standard InChI is InChI=1S/C13H11IN2O3S/c1-7-10(6-11(17)18)12(19)16(13(20)15-7)9-4-2-8(14)3-5-9/h2-5H,6H2,1H3,(H,15,20)(H,17,18). The van der Waals surface area contributed by atoms with Crippen LogP contribution in [-0.4, -0.2) is 20.6 Å². The predicted molar refractivity (Wildman–Crippen MR) is 86.0 cm³/mol. The lowest BCUT2D eigenvalue weighted by atomic mass is 10.1. The summed E-state index contributed by atoms with van der Waals surface area (Å²) < 4.78 is 2.60. The van der Waals surface area contributed by atoms with Crippen molar-refractivity contribution in [3.8, 4) is 5.69 Å². The van der Waals surface area contributed by atoms with Crippen molar-refractivity contribution in [3.05, 3.63) is 54.2 Å². The number of carboxylic acid groups (broad SMARTS) is 1. The molecule has 0 unspecified atom stereocenters. The minimum atomic E-state index is -1.05. The summed E-state index contributed by atoms with van der Waals surface area (Å²) in [5.74, 6) is -1.05. The van der Waals surface area contributed by atoms with Gasteiger partial charge in [-0.25, -0.2) is 0 Å². The van der Waals surface area contributed by atoms with Crippen molar-refractivity contribution < 1.29 is 9.90 Å². The molecule has 7 heteroatoms. The number of carbonyl (C=O) groups is 1. The Morgan fingerprint density at radius 3 is 2.55 bits per heavy atom. The number of rotatable bonds is 3. The van der Waals surface area contributed by atoms with Gasteiger partial charge in [0.15, 0.2) is 4.77 Å². The number of hydrogen-bond donors (Lipinski definition) is 2. The zero-order valence-electron chi connectivity index (χ0n) is 10.5. The van der Waals surface area contributed by atoms with Crippen LogP contribution in [-0.2, 0) is 11.2 Å². The maximum Gasteiger partial charge on any atom is 0.308 e. The van der Waals surface area contributed by atoms with E-state index in [0.29, 0.717) is 11.4 Å². The molecule has 0 bridgehead atoms. The van der Waals surface area contributed by atoms with E-state index in [0.717, 1.165) is 3.57 Å². The summed E-state index contributed by atoms with van der Waals surface area (Å²) in [6, 6.07) is 7.25. The van der Waals surface area contributed by atoms with E-state index >= 15 is 0 Å². The highest BCUT2D eigenvalue weighted by Gasteiger charge is 2.14. The Kier molecular flexibility index (Phi) is 4.39. The molecule has 0 aliphatic carbocycles. The van der Waals surface area contributed by atoms with Gasteiger partial charge in [-0.05, 0) is 66.0 Å². The molecule has 2 aromatic rings. The number of nitrogens with zero attached hydrogens (tertiary/aromatic N) is 1. The van der Waals surface area contributed by atoms with Crippen molar-refractivity contribution in [1.82, 2.24) is 9.55 Å². The predicted octanol–water partition coefficient (Wildman–Crippen LogP) is 2.44. The van der Waals surface area contributed by atoms with E-state index in [4.69, 9.17) is 17.3 Å². The number of nitrogens with one attached hydrogen (secondary N) is 1. The third-order valence-corrected chi connectivity index (χ3v) is 3.83. The average molecular weight is 402 g/mol. The topological polar surface area (TPSA) is 75.1 Å². The lowest BCUT2D eigenvalue weighted by Crippen LogP contribution is -2.27. The van der Waals surface area contributed by atoms with Crippen molar-refractivity contribution >= 4 is 40.8 Å². The van der Waals surface area contributed by atoms with Gasteiger partial charge in [0, 0.05) is 14.8 Å². The van der Waals surface area contributed by atoms with Crippen LogP contribution in [0.2, 0.25) is 0 Å². The van der Waals surface area contributed by atoms with Crippen LogP contribution in [0.5, 0.6) is 0 Å². The Balaban J connectivity index is 2.70. The maximum atomic E-state index is 12.4. The monoisotopic (exact) mass is 402 g/mol. The molecule has 1 aromatic heterocycles. The molecule has 2 rings (SSSR count). The summed E-state index contributed by atoms with van der Waals surface area (Å²) in [7, 11) is 0. The van der Waals surface area contributed by atoms with Crippen molar-refractivity contribution in [1.29, 1.82) is 0 Å². The molecule has 1 heterocycles. The van der Waals surface area contributed by atoms with Crippen LogP contribution in [0.3, 0.4) is 0 Å². The third kappa shape index (κ3) is 2.98. The fraction of sp³-hybridized carbons (Fsp3) is 0.154. The van der Waals surface area contributed by atoms with E-state index in [1.807, 2.05) is 12.1 Å². The van der Waals surface area contributed by atoms with Crippen LogP contribution in [0.25, 0.3) is 5.69 Å². The Hall–Kier alpha value is -1.48. The number of halogens is 1. The molecule has 0 radical (unpaired) electrons. The maximum absolute atomic E-state index is 12.4. The van der Waals surface area contributed by atoms with E-state index in [9.17, 15) is 9.59 Å². The van der Waals surface area contributed by atoms with E-state index in [1.54, 1.807) is 19.1 Å². The highest BCUT2D eigenvalue weighted by molar-refractivity contribution is 14.1. The van der Waals surface area contributed by atoms with Crippen LogP contribution in [0.4, 0.5) is 0 Å². The lowest BCUT2D eigenvalue weighted by Gasteiger charge is -2.10. The minimum absolute atomic E-state index is 0.213. The number of H-pyrrole nitrogens is 1. The van der Waals surface area contributed by atoms with Gasteiger partial charge in [0.25, 0.3) is 5.56 Å². The molecule has 0 amide bonds. The first-order chi connectivity index (χ1) is 9.40. The molecule has 2 N–H and O–H groups in total. The van der Waals surface area contributed by atoms with E-state index in [-0.39, 0.29) is 16.8 Å². The molecule has 0 saturated heterocycles. The van der Waals surface area contributed by atoms with Gasteiger partial charge in [-0.2, -0.15) is 0 Å². The quantitative estimate of drug-likeness (QED) is 0.611. The van der Waals surface area contributed by atoms with Crippen LogP contribution in [0.1, 0.15) is 11.3 Å². The van der Waals surface area contributed by atoms with E-state index < -0.39 is 11.5 Å². The summed E-state index contributed by atoms with van der Waals surface area (Å²) in [4.78, 5) is 26.2. The summed E-state index contributed by atoms with van der Waals surface area (Å²) in [6.07, 6.45) is -0.332. The first-order valence-corrected chi connectivity index (χ1v) is 7.21. The Labute approximate surface area is 133 Å². The van der Waals surface area contributed by atoms with E-state index in [2.05, 4.69) is 27.6 Å². The van der Waals surface area contributed by atoms with Gasteiger partial charge in [-0.3, -0.25) is 14.2 Å². The number of carboxylic acids is 1. The smallest absolute Gasteiger partial charge is 0.308 e. The summed E-state index contributed by atoms with van der Waals surface area (Å²) in [5, 5.41) is 8.89. The summed E-state index contributed by atoms with van der Waals surface area (Å²) >= 11 is 7.34.